The van der Waals surface area contributed by atoms with Gasteiger partial charge >= 0.3 is 0 Å². The van der Waals surface area contributed by atoms with E-state index in [1.54, 1.807) is 18.1 Å². The molecule has 0 radical (unpaired) electrons. The first-order valence-corrected chi connectivity index (χ1v) is 10.4. The average Bonchev–Trinajstić information content (AvgIpc) is 3.14. The predicted molar refractivity (Wildman–Crippen MR) is 125 cm³/mol. The number of halogens is 1. The Hall–Kier alpha value is -3.02. The second-order valence-corrected chi connectivity index (χ2v) is 7.49. The molecule has 0 N–H and O–H groups in total. The van der Waals surface area contributed by atoms with Crippen molar-refractivity contribution in [3.05, 3.63) is 58.9 Å². The van der Waals surface area contributed by atoms with Gasteiger partial charge in [-0.1, -0.05) is 30.7 Å². The van der Waals surface area contributed by atoms with Gasteiger partial charge in [0.2, 0.25) is 0 Å². The van der Waals surface area contributed by atoms with Gasteiger partial charge in [-0.2, -0.15) is 9.89 Å². The van der Waals surface area contributed by atoms with E-state index in [2.05, 4.69) is 42.0 Å². The van der Waals surface area contributed by atoms with E-state index in [0.29, 0.717) is 13.1 Å². The van der Waals surface area contributed by atoms with Gasteiger partial charge in [0.05, 0.1) is 19.3 Å². The van der Waals surface area contributed by atoms with Crippen LogP contribution in [0.25, 0.3) is 16.8 Å². The lowest BCUT2D eigenvalue weighted by atomic mass is 9.95. The van der Waals surface area contributed by atoms with Crippen molar-refractivity contribution in [1.29, 1.82) is 0 Å². The Morgan fingerprint density at radius 3 is 2.73 bits per heavy atom. The second-order valence-electron chi connectivity index (χ2n) is 7.49. The molecule has 5 nitrogen and oxygen atoms in total. The zero-order valence-electron chi connectivity index (χ0n) is 18.4. The molecule has 0 aliphatic carbocycles. The zero-order valence-corrected chi connectivity index (χ0v) is 18.4. The second kappa shape index (κ2) is 9.65. The highest BCUT2D eigenvalue weighted by molar-refractivity contribution is 6.13. The number of benzene rings is 1. The van der Waals surface area contributed by atoms with E-state index in [0.717, 1.165) is 34.5 Å². The van der Waals surface area contributed by atoms with E-state index in [1.165, 1.54) is 11.1 Å². The third-order valence-electron chi connectivity index (χ3n) is 5.20. The smallest absolute Gasteiger partial charge is 0.138 e. The summed E-state index contributed by atoms with van der Waals surface area (Å²) in [6.07, 6.45) is 9.49. The van der Waals surface area contributed by atoms with Gasteiger partial charge in [0.1, 0.15) is 11.9 Å². The lowest BCUT2D eigenvalue weighted by Crippen LogP contribution is -2.55. The summed E-state index contributed by atoms with van der Waals surface area (Å²) in [5, 5.41) is 6.78. The minimum absolute atomic E-state index is 0.356. The normalized spacial score (nSPS) is 16.1. The van der Waals surface area contributed by atoms with Crippen molar-refractivity contribution in [2.75, 3.05) is 25.1 Å². The molecule has 1 aliphatic rings. The molecule has 1 saturated heterocycles. The van der Waals surface area contributed by atoms with Crippen LogP contribution in [0.2, 0.25) is 0 Å². The van der Waals surface area contributed by atoms with Crippen LogP contribution in [0.15, 0.2) is 52.2 Å². The van der Waals surface area contributed by atoms with E-state index in [1.807, 2.05) is 43.4 Å². The Morgan fingerprint density at radius 1 is 1.33 bits per heavy atom. The average molecular weight is 408 g/mol. The first kappa shape index (κ1) is 21.7. The first-order chi connectivity index (χ1) is 14.5. The number of aliphatic imine (C=N–C) groups is 2. The van der Waals surface area contributed by atoms with E-state index >= 15 is 0 Å². The highest BCUT2D eigenvalue weighted by Crippen LogP contribution is 2.33. The van der Waals surface area contributed by atoms with Crippen molar-refractivity contribution < 1.29 is 4.39 Å². The standard InChI is InChI=1S/C24H30FN5/c1-6-8-11-27-18(4)22(13-26-5)23-16-30(29-14-20(25)15-29)28-24(23)21-12-17(3)9-10-19(21)7-2/h6,8-13,16,20H,7,14-15H2,1-5H3/b8-6-,22-18-,26-13?,27-11-. The van der Waals surface area contributed by atoms with Crippen LogP contribution in [0.3, 0.4) is 0 Å². The number of allylic oxidation sites excluding steroid dienone is 4. The van der Waals surface area contributed by atoms with Gasteiger partial charge in [0.25, 0.3) is 0 Å². The first-order valence-electron chi connectivity index (χ1n) is 10.4. The van der Waals surface area contributed by atoms with Crippen LogP contribution in [0, 0.1) is 6.92 Å². The maximum atomic E-state index is 13.5. The topological polar surface area (TPSA) is 45.8 Å². The molecular weight excluding hydrogens is 377 g/mol. The van der Waals surface area contributed by atoms with Gasteiger partial charge in [-0.05, 0) is 44.9 Å². The molecule has 6 heteroatoms. The van der Waals surface area contributed by atoms with Crippen LogP contribution >= 0.6 is 0 Å². The maximum absolute atomic E-state index is 13.5. The molecule has 158 valence electrons. The summed E-state index contributed by atoms with van der Waals surface area (Å²) in [7, 11) is 1.75. The van der Waals surface area contributed by atoms with Gasteiger partial charge in [0.15, 0.2) is 0 Å². The number of nitrogens with zero attached hydrogens (tertiary/aromatic N) is 5. The monoisotopic (exact) mass is 407 g/mol. The van der Waals surface area contributed by atoms with Crippen LogP contribution in [-0.4, -0.2) is 48.6 Å². The summed E-state index contributed by atoms with van der Waals surface area (Å²) in [6, 6.07) is 6.45. The van der Waals surface area contributed by atoms with E-state index in [4.69, 9.17) is 5.10 Å². The van der Waals surface area contributed by atoms with Crippen LogP contribution in [0.5, 0.6) is 0 Å². The minimum Gasteiger partial charge on any atom is -0.296 e. The number of alkyl halides is 1. The molecule has 3 rings (SSSR count). The van der Waals surface area contributed by atoms with Crippen molar-refractivity contribution >= 4 is 18.0 Å². The molecule has 0 amide bonds. The molecule has 0 atom stereocenters. The summed E-state index contributed by atoms with van der Waals surface area (Å²) in [4.78, 5) is 10.6. The van der Waals surface area contributed by atoms with Crippen LogP contribution in [0.1, 0.15) is 37.5 Å². The number of hydrogen-bond donors (Lipinski definition) is 0. The molecule has 0 bridgehead atoms. The maximum Gasteiger partial charge on any atom is 0.138 e. The fraction of sp³-hybridized carbons (Fsp3) is 0.375. The van der Waals surface area contributed by atoms with E-state index < -0.39 is 6.17 Å². The number of aromatic nitrogens is 2. The van der Waals surface area contributed by atoms with Crippen molar-refractivity contribution in [3.63, 3.8) is 0 Å². The van der Waals surface area contributed by atoms with Gasteiger partial charge < -0.3 is 0 Å². The van der Waals surface area contributed by atoms with Crippen LogP contribution < -0.4 is 5.01 Å². The predicted octanol–water partition coefficient (Wildman–Crippen LogP) is 4.79. The summed E-state index contributed by atoms with van der Waals surface area (Å²) < 4.78 is 13.5. The van der Waals surface area contributed by atoms with Gasteiger partial charge in [0, 0.05) is 41.9 Å². The number of hydrogen-bond acceptors (Lipinski definition) is 4. The SMILES string of the molecule is C\C=C/C=N\C(C)=C(\C=NC)c1cn(N2CC(F)C2)nc1-c1cc(C)ccc1CC. The van der Waals surface area contributed by atoms with Crippen molar-refractivity contribution in [2.24, 2.45) is 9.98 Å². The third-order valence-corrected chi connectivity index (χ3v) is 5.20. The third kappa shape index (κ3) is 4.58. The Kier molecular flexibility index (Phi) is 6.98. The Labute approximate surface area is 178 Å². The molecule has 0 unspecified atom stereocenters. The summed E-state index contributed by atoms with van der Waals surface area (Å²) >= 11 is 0. The molecule has 0 spiro atoms. The molecule has 2 aromatic rings. The Morgan fingerprint density at radius 2 is 2.10 bits per heavy atom. The quantitative estimate of drug-likeness (QED) is 0.620. The van der Waals surface area contributed by atoms with Gasteiger partial charge in [-0.25, -0.2) is 4.39 Å². The van der Waals surface area contributed by atoms with Crippen LogP contribution in [0.4, 0.5) is 4.39 Å². The van der Waals surface area contributed by atoms with Gasteiger partial charge in [-0.15, -0.1) is 0 Å². The lowest BCUT2D eigenvalue weighted by Gasteiger charge is -2.35. The molecule has 1 aliphatic heterocycles. The molecule has 1 aromatic carbocycles. The van der Waals surface area contributed by atoms with Crippen molar-refractivity contribution in [2.45, 2.75) is 40.3 Å². The Bertz CT molecular complexity index is 1010. The summed E-state index contributed by atoms with van der Waals surface area (Å²) in [5.74, 6) is 0. The minimum atomic E-state index is -0.800. The lowest BCUT2D eigenvalue weighted by molar-refractivity contribution is 0.227. The van der Waals surface area contributed by atoms with E-state index in [-0.39, 0.29) is 0 Å². The molecular formula is C24H30FN5. The highest BCUT2D eigenvalue weighted by atomic mass is 19.1. The zero-order chi connectivity index (χ0) is 21.7. The molecule has 1 fully saturated rings. The molecule has 2 heterocycles. The van der Waals surface area contributed by atoms with Crippen molar-refractivity contribution in [3.8, 4) is 11.3 Å². The molecule has 30 heavy (non-hydrogen) atoms. The fourth-order valence-electron chi connectivity index (χ4n) is 3.49. The van der Waals surface area contributed by atoms with Gasteiger partial charge in [-0.3, -0.25) is 15.0 Å². The fourth-order valence-corrected chi connectivity index (χ4v) is 3.49. The molecule has 0 saturated carbocycles. The number of rotatable bonds is 7. The number of aryl methyl sites for hydroxylation is 2. The van der Waals surface area contributed by atoms with Crippen LogP contribution in [-0.2, 0) is 6.42 Å². The van der Waals surface area contributed by atoms with E-state index in [9.17, 15) is 4.39 Å². The molecule has 1 aromatic heterocycles. The largest absolute Gasteiger partial charge is 0.296 e. The summed E-state index contributed by atoms with van der Waals surface area (Å²) in [6.45, 7) is 8.86. The Balaban J connectivity index is 2.21. The van der Waals surface area contributed by atoms with Crippen molar-refractivity contribution in [1.82, 2.24) is 9.89 Å². The summed E-state index contributed by atoms with van der Waals surface area (Å²) in [5.41, 5.74) is 7.05. The highest BCUT2D eigenvalue weighted by Gasteiger charge is 2.29.